The van der Waals surface area contributed by atoms with Crippen molar-refractivity contribution in [1.29, 1.82) is 0 Å². The van der Waals surface area contributed by atoms with Crippen LogP contribution in [0.1, 0.15) is 5.56 Å². The number of thiazole rings is 1. The lowest BCUT2D eigenvalue weighted by molar-refractivity contribution is 0.354. The third-order valence-electron chi connectivity index (χ3n) is 4.00. The first kappa shape index (κ1) is 16.3. The number of methoxy groups -OCH3 is 2. The maximum atomic E-state index is 12.9. The van der Waals surface area contributed by atoms with Gasteiger partial charge in [0.15, 0.2) is 17.3 Å². The molecule has 7 heteroatoms. The first-order chi connectivity index (χ1) is 12.7. The molecule has 4 aromatic rings. The first-order valence-corrected chi connectivity index (χ1v) is 8.70. The Morgan fingerprint density at radius 1 is 1.00 bits per heavy atom. The van der Waals surface area contributed by atoms with Crippen molar-refractivity contribution in [2.24, 2.45) is 0 Å². The monoisotopic (exact) mass is 365 g/mol. The Balaban J connectivity index is 1.92. The van der Waals surface area contributed by atoms with Crippen LogP contribution in [0.25, 0.3) is 22.4 Å². The summed E-state index contributed by atoms with van der Waals surface area (Å²) in [5.41, 5.74) is 1.46. The molecule has 0 spiro atoms. The fourth-order valence-electron chi connectivity index (χ4n) is 2.80. The number of para-hydroxylation sites is 1. The second-order valence-electron chi connectivity index (χ2n) is 5.51. The van der Waals surface area contributed by atoms with Gasteiger partial charge in [-0.25, -0.2) is 4.40 Å². The third-order valence-corrected chi connectivity index (χ3v) is 4.96. The molecule has 0 unspecified atom stereocenters. The van der Waals surface area contributed by atoms with E-state index in [2.05, 4.69) is 10.2 Å². The zero-order chi connectivity index (χ0) is 18.1. The predicted molar refractivity (Wildman–Crippen MR) is 101 cm³/mol. The Morgan fingerprint density at radius 3 is 2.54 bits per heavy atom. The highest BCUT2D eigenvalue weighted by atomic mass is 32.1. The lowest BCUT2D eigenvalue weighted by Crippen LogP contribution is -2.23. The second kappa shape index (κ2) is 6.61. The Hall–Kier alpha value is -3.19. The zero-order valence-corrected chi connectivity index (χ0v) is 15.0. The summed E-state index contributed by atoms with van der Waals surface area (Å²) in [7, 11) is 3.16. The summed E-state index contributed by atoms with van der Waals surface area (Å²) in [6.45, 7) is 0. The molecule has 2 aromatic carbocycles. The highest BCUT2D eigenvalue weighted by molar-refractivity contribution is 7.15. The molecule has 0 N–H and O–H groups in total. The van der Waals surface area contributed by atoms with Crippen molar-refractivity contribution in [3.8, 4) is 22.9 Å². The highest BCUT2D eigenvalue weighted by Crippen LogP contribution is 2.31. The number of rotatable bonds is 4. The first-order valence-electron chi connectivity index (χ1n) is 7.89. The van der Waals surface area contributed by atoms with Gasteiger partial charge in [0.25, 0.3) is 5.56 Å². The molecule has 0 amide bonds. The van der Waals surface area contributed by atoms with Crippen molar-refractivity contribution in [2.45, 2.75) is 0 Å². The van der Waals surface area contributed by atoms with Crippen LogP contribution in [0.15, 0.2) is 53.3 Å². The van der Waals surface area contributed by atoms with Gasteiger partial charge in [0.1, 0.15) is 0 Å². The molecule has 0 atom stereocenters. The van der Waals surface area contributed by atoms with Crippen molar-refractivity contribution in [1.82, 2.24) is 14.6 Å². The van der Waals surface area contributed by atoms with Crippen LogP contribution in [0.2, 0.25) is 0 Å². The molecule has 0 aliphatic rings. The fourth-order valence-corrected chi connectivity index (χ4v) is 3.71. The van der Waals surface area contributed by atoms with Crippen molar-refractivity contribution in [2.75, 3.05) is 14.2 Å². The molecule has 2 aromatic heterocycles. The lowest BCUT2D eigenvalue weighted by atomic mass is 10.2. The molecule has 0 fully saturated rings. The van der Waals surface area contributed by atoms with Gasteiger partial charge < -0.3 is 9.47 Å². The summed E-state index contributed by atoms with van der Waals surface area (Å²) < 4.78 is 12.9. The van der Waals surface area contributed by atoms with E-state index in [1.165, 1.54) is 11.3 Å². The Kier molecular flexibility index (Phi) is 4.14. The molecule has 0 aliphatic carbocycles. The topological polar surface area (TPSA) is 65.7 Å². The average Bonchev–Trinajstić information content (AvgIpc) is 3.23. The van der Waals surface area contributed by atoms with E-state index in [0.29, 0.717) is 26.8 Å². The minimum absolute atomic E-state index is 0.154. The van der Waals surface area contributed by atoms with Crippen molar-refractivity contribution >= 4 is 22.4 Å². The van der Waals surface area contributed by atoms with Crippen molar-refractivity contribution in [3.05, 3.63) is 69.0 Å². The molecule has 0 bridgehead atoms. The molecule has 130 valence electrons. The summed E-state index contributed by atoms with van der Waals surface area (Å²) in [4.78, 5) is 13.5. The second-order valence-corrected chi connectivity index (χ2v) is 6.52. The van der Waals surface area contributed by atoms with Gasteiger partial charge in [-0.05, 0) is 12.1 Å². The molecule has 2 heterocycles. The summed E-state index contributed by atoms with van der Waals surface area (Å²) >= 11 is 1.29. The van der Waals surface area contributed by atoms with E-state index >= 15 is 0 Å². The number of benzene rings is 2. The molecule has 6 nitrogen and oxygen atoms in total. The third kappa shape index (κ3) is 2.62. The van der Waals surface area contributed by atoms with Crippen LogP contribution < -0.4 is 19.6 Å². The Bertz CT molecular complexity index is 1180. The van der Waals surface area contributed by atoms with E-state index in [-0.39, 0.29) is 5.56 Å². The largest absolute Gasteiger partial charge is 0.493 e. The van der Waals surface area contributed by atoms with Crippen LogP contribution >= 0.6 is 11.3 Å². The average molecular weight is 365 g/mol. The van der Waals surface area contributed by atoms with Crippen LogP contribution in [0.3, 0.4) is 0 Å². The van der Waals surface area contributed by atoms with Gasteiger partial charge in [-0.1, -0.05) is 53.8 Å². The van der Waals surface area contributed by atoms with E-state index in [1.54, 1.807) is 24.7 Å². The predicted octanol–water partition coefficient (Wildman–Crippen LogP) is 2.38. The molecule has 0 saturated heterocycles. The summed E-state index contributed by atoms with van der Waals surface area (Å²) in [6.07, 6.45) is 1.79. The number of ether oxygens (including phenoxy) is 2. The van der Waals surface area contributed by atoms with Gasteiger partial charge in [0.2, 0.25) is 4.96 Å². The minimum atomic E-state index is -0.154. The number of hydrogen-bond acceptors (Lipinski definition) is 6. The van der Waals surface area contributed by atoms with Gasteiger partial charge in [-0.15, -0.1) is 10.2 Å². The molecule has 0 radical (unpaired) electrons. The maximum absolute atomic E-state index is 12.9. The molecule has 0 saturated carbocycles. The molecular formula is C19H15N3O3S. The van der Waals surface area contributed by atoms with E-state index < -0.39 is 0 Å². The van der Waals surface area contributed by atoms with Crippen molar-refractivity contribution in [3.63, 3.8) is 0 Å². The Morgan fingerprint density at radius 2 is 1.81 bits per heavy atom. The van der Waals surface area contributed by atoms with E-state index in [0.717, 1.165) is 11.1 Å². The van der Waals surface area contributed by atoms with Crippen LogP contribution in [0.4, 0.5) is 0 Å². The lowest BCUT2D eigenvalue weighted by Gasteiger charge is -2.09. The summed E-state index contributed by atoms with van der Waals surface area (Å²) in [5.74, 6) is 1.74. The number of hydrogen-bond donors (Lipinski definition) is 0. The van der Waals surface area contributed by atoms with E-state index in [1.807, 2.05) is 48.5 Å². The SMILES string of the molecule is COc1cccc(C=c2sc3nnc(-c4ccccc4)n3c2=O)c1OC. The number of aromatic nitrogens is 3. The number of fused-ring (bicyclic) bond motifs is 1. The van der Waals surface area contributed by atoms with E-state index in [4.69, 9.17) is 9.47 Å². The minimum Gasteiger partial charge on any atom is -0.493 e. The standard InChI is InChI=1S/C19H15N3O3S/c1-24-14-10-6-9-13(16(14)25-2)11-15-18(23)22-17(20-21-19(22)26-15)12-7-4-3-5-8-12/h3-11H,1-2H3. The maximum Gasteiger partial charge on any atom is 0.276 e. The number of nitrogens with zero attached hydrogens (tertiary/aromatic N) is 3. The normalized spacial score (nSPS) is 11.8. The molecule has 26 heavy (non-hydrogen) atoms. The van der Waals surface area contributed by atoms with Gasteiger partial charge in [-0.3, -0.25) is 4.79 Å². The highest BCUT2D eigenvalue weighted by Gasteiger charge is 2.15. The quantitative estimate of drug-likeness (QED) is 0.556. The van der Waals surface area contributed by atoms with Crippen LogP contribution in [-0.2, 0) is 0 Å². The summed E-state index contributed by atoms with van der Waals surface area (Å²) in [6, 6.07) is 15.1. The smallest absolute Gasteiger partial charge is 0.276 e. The fraction of sp³-hybridized carbons (Fsp3) is 0.105. The van der Waals surface area contributed by atoms with Crippen LogP contribution in [-0.4, -0.2) is 28.8 Å². The van der Waals surface area contributed by atoms with Crippen LogP contribution in [0.5, 0.6) is 11.5 Å². The zero-order valence-electron chi connectivity index (χ0n) is 14.2. The summed E-state index contributed by atoms with van der Waals surface area (Å²) in [5, 5.41) is 8.31. The molecule has 0 aliphatic heterocycles. The Labute approximate surface area is 153 Å². The molecule has 4 rings (SSSR count). The van der Waals surface area contributed by atoms with Gasteiger partial charge in [0.05, 0.1) is 18.8 Å². The van der Waals surface area contributed by atoms with Gasteiger partial charge >= 0.3 is 0 Å². The van der Waals surface area contributed by atoms with Crippen LogP contribution in [0, 0.1) is 0 Å². The van der Waals surface area contributed by atoms with E-state index in [9.17, 15) is 4.79 Å². The molecular weight excluding hydrogens is 350 g/mol. The van der Waals surface area contributed by atoms with Gasteiger partial charge in [-0.2, -0.15) is 0 Å². The van der Waals surface area contributed by atoms with Crippen molar-refractivity contribution < 1.29 is 9.47 Å². The van der Waals surface area contributed by atoms with Gasteiger partial charge in [0, 0.05) is 11.1 Å².